The molecule has 1 atom stereocenters. The second-order valence-electron chi connectivity index (χ2n) is 6.15. The van der Waals surface area contributed by atoms with Crippen molar-refractivity contribution in [3.05, 3.63) is 60.2 Å². The van der Waals surface area contributed by atoms with Crippen LogP contribution in [0.25, 0.3) is 0 Å². The van der Waals surface area contributed by atoms with E-state index in [9.17, 15) is 13.2 Å². The number of likely N-dealkylation sites (tertiary alicyclic amines) is 1. The van der Waals surface area contributed by atoms with E-state index in [1.807, 2.05) is 6.07 Å². The van der Waals surface area contributed by atoms with Gasteiger partial charge in [0.25, 0.3) is 15.9 Å². The van der Waals surface area contributed by atoms with Gasteiger partial charge in [0, 0.05) is 30.4 Å². The molecule has 2 aromatic carbocycles. The molecule has 132 valence electrons. The number of benzene rings is 2. The third-order valence-corrected chi connectivity index (χ3v) is 5.58. The molecular weight excluding hydrogens is 338 g/mol. The summed E-state index contributed by atoms with van der Waals surface area (Å²) in [6.45, 7) is 1.22. The minimum atomic E-state index is -3.68. The zero-order valence-electron chi connectivity index (χ0n) is 13.8. The van der Waals surface area contributed by atoms with Gasteiger partial charge < -0.3 is 10.6 Å². The lowest BCUT2D eigenvalue weighted by Crippen LogP contribution is -2.45. The molecule has 1 saturated heterocycles. The average Bonchev–Trinajstić information content (AvgIpc) is 2.62. The molecule has 25 heavy (non-hydrogen) atoms. The molecular formula is C18H21N3O3S. The van der Waals surface area contributed by atoms with Crippen molar-refractivity contribution in [3.8, 4) is 0 Å². The fraction of sp³-hybridized carbons (Fsp3) is 0.278. The number of carbonyl (C=O) groups excluding carboxylic acids is 1. The van der Waals surface area contributed by atoms with Crippen LogP contribution in [0.4, 0.5) is 5.69 Å². The van der Waals surface area contributed by atoms with Crippen molar-refractivity contribution in [2.75, 3.05) is 17.8 Å². The normalized spacial score (nSPS) is 18.0. The maximum Gasteiger partial charge on any atom is 0.261 e. The molecule has 3 N–H and O–H groups in total. The molecule has 7 heteroatoms. The summed E-state index contributed by atoms with van der Waals surface area (Å²) in [6.07, 6.45) is 1.81. The molecule has 1 amide bonds. The highest BCUT2D eigenvalue weighted by Gasteiger charge is 2.23. The third kappa shape index (κ3) is 4.18. The molecule has 1 aliphatic rings. The summed E-state index contributed by atoms with van der Waals surface area (Å²) >= 11 is 0. The highest BCUT2D eigenvalue weighted by Crippen LogP contribution is 2.18. The quantitative estimate of drug-likeness (QED) is 0.874. The van der Waals surface area contributed by atoms with Gasteiger partial charge in [0.15, 0.2) is 0 Å². The van der Waals surface area contributed by atoms with E-state index in [4.69, 9.17) is 5.73 Å². The number of rotatable bonds is 4. The summed E-state index contributed by atoms with van der Waals surface area (Å²) in [6, 6.07) is 14.7. The number of hydrogen-bond acceptors (Lipinski definition) is 4. The number of amides is 1. The Morgan fingerprint density at radius 1 is 1.08 bits per heavy atom. The maximum atomic E-state index is 12.5. The molecule has 0 saturated carbocycles. The highest BCUT2D eigenvalue weighted by atomic mass is 32.2. The van der Waals surface area contributed by atoms with Gasteiger partial charge in [-0.15, -0.1) is 0 Å². The van der Waals surface area contributed by atoms with Gasteiger partial charge in [-0.2, -0.15) is 0 Å². The van der Waals surface area contributed by atoms with Gasteiger partial charge in [-0.05, 0) is 49.2 Å². The molecule has 1 fully saturated rings. The molecule has 0 radical (unpaired) electrons. The second kappa shape index (κ2) is 7.25. The van der Waals surface area contributed by atoms with E-state index >= 15 is 0 Å². The number of para-hydroxylation sites is 1. The van der Waals surface area contributed by atoms with Gasteiger partial charge in [-0.3, -0.25) is 9.52 Å². The first kappa shape index (κ1) is 17.4. The van der Waals surface area contributed by atoms with E-state index in [1.54, 1.807) is 41.3 Å². The Balaban J connectivity index is 1.74. The van der Waals surface area contributed by atoms with Gasteiger partial charge in [0.05, 0.1) is 4.90 Å². The van der Waals surface area contributed by atoms with E-state index in [1.165, 1.54) is 12.1 Å². The molecule has 1 heterocycles. The largest absolute Gasteiger partial charge is 0.337 e. The van der Waals surface area contributed by atoms with E-state index in [2.05, 4.69) is 4.72 Å². The summed E-state index contributed by atoms with van der Waals surface area (Å²) in [5, 5.41) is 0. The van der Waals surface area contributed by atoms with E-state index in [-0.39, 0.29) is 16.8 Å². The number of hydrogen-bond donors (Lipinski definition) is 2. The molecule has 2 aromatic rings. The molecule has 1 unspecified atom stereocenters. The summed E-state index contributed by atoms with van der Waals surface area (Å²) in [5.41, 5.74) is 6.87. The Morgan fingerprint density at radius 2 is 1.76 bits per heavy atom. The fourth-order valence-corrected chi connectivity index (χ4v) is 3.93. The number of sulfonamides is 1. The van der Waals surface area contributed by atoms with Crippen LogP contribution < -0.4 is 10.5 Å². The van der Waals surface area contributed by atoms with Crippen LogP contribution in [-0.4, -0.2) is 38.4 Å². The van der Waals surface area contributed by atoms with Crippen molar-refractivity contribution in [1.29, 1.82) is 0 Å². The predicted molar refractivity (Wildman–Crippen MR) is 96.8 cm³/mol. The van der Waals surface area contributed by atoms with Gasteiger partial charge in [0.1, 0.15) is 0 Å². The van der Waals surface area contributed by atoms with Gasteiger partial charge in [-0.1, -0.05) is 18.2 Å². The highest BCUT2D eigenvalue weighted by molar-refractivity contribution is 7.92. The summed E-state index contributed by atoms with van der Waals surface area (Å²) in [5.74, 6) is -0.116. The Kier molecular flexibility index (Phi) is 5.06. The Hall–Kier alpha value is -2.38. The smallest absolute Gasteiger partial charge is 0.261 e. The van der Waals surface area contributed by atoms with Crippen LogP contribution in [0.1, 0.15) is 23.2 Å². The predicted octanol–water partition coefficient (Wildman–Crippen LogP) is 2.05. The van der Waals surface area contributed by atoms with Crippen molar-refractivity contribution >= 4 is 21.6 Å². The van der Waals surface area contributed by atoms with Gasteiger partial charge in [-0.25, -0.2) is 8.42 Å². The van der Waals surface area contributed by atoms with Crippen LogP contribution in [0.15, 0.2) is 59.5 Å². The van der Waals surface area contributed by atoms with E-state index < -0.39 is 10.0 Å². The minimum Gasteiger partial charge on any atom is -0.337 e. The van der Waals surface area contributed by atoms with Crippen molar-refractivity contribution in [2.45, 2.75) is 23.8 Å². The Bertz CT molecular complexity index is 836. The van der Waals surface area contributed by atoms with Crippen LogP contribution in [0.3, 0.4) is 0 Å². The van der Waals surface area contributed by atoms with Gasteiger partial charge >= 0.3 is 0 Å². The molecule has 0 aliphatic carbocycles. The van der Waals surface area contributed by atoms with E-state index in [0.717, 1.165) is 12.8 Å². The molecule has 3 rings (SSSR count). The number of nitrogens with zero attached hydrogens (tertiary/aromatic N) is 1. The average molecular weight is 359 g/mol. The SMILES string of the molecule is NC1CCCN(C(=O)c2ccc(S(=O)(=O)Nc3ccccc3)cc2)C1. The molecule has 0 spiro atoms. The Labute approximate surface area is 147 Å². The van der Waals surface area contributed by atoms with Crippen LogP contribution in [0.5, 0.6) is 0 Å². The van der Waals surface area contributed by atoms with Crippen LogP contribution in [0.2, 0.25) is 0 Å². The van der Waals surface area contributed by atoms with Crippen molar-refractivity contribution < 1.29 is 13.2 Å². The standard InChI is InChI=1S/C18H21N3O3S/c19-15-5-4-12-21(13-15)18(22)14-8-10-17(11-9-14)25(23,24)20-16-6-2-1-3-7-16/h1-3,6-11,15,20H,4-5,12-13,19H2. The monoisotopic (exact) mass is 359 g/mol. The lowest BCUT2D eigenvalue weighted by atomic mass is 10.1. The first-order valence-electron chi connectivity index (χ1n) is 8.18. The maximum absolute atomic E-state index is 12.5. The summed E-state index contributed by atoms with van der Waals surface area (Å²) < 4.78 is 27.3. The minimum absolute atomic E-state index is 0.00687. The first-order chi connectivity index (χ1) is 12.0. The summed E-state index contributed by atoms with van der Waals surface area (Å²) in [4.78, 5) is 14.3. The zero-order chi connectivity index (χ0) is 17.9. The van der Waals surface area contributed by atoms with Gasteiger partial charge in [0.2, 0.25) is 0 Å². The molecule has 1 aliphatic heterocycles. The van der Waals surface area contributed by atoms with Crippen molar-refractivity contribution in [3.63, 3.8) is 0 Å². The number of carbonyl (C=O) groups is 1. The second-order valence-corrected chi connectivity index (χ2v) is 7.83. The molecule has 6 nitrogen and oxygen atoms in total. The number of anilines is 1. The van der Waals surface area contributed by atoms with Crippen molar-refractivity contribution in [1.82, 2.24) is 4.90 Å². The zero-order valence-corrected chi connectivity index (χ0v) is 14.6. The number of nitrogens with one attached hydrogen (secondary N) is 1. The summed E-state index contributed by atoms with van der Waals surface area (Å²) in [7, 11) is -3.68. The van der Waals surface area contributed by atoms with Crippen LogP contribution >= 0.6 is 0 Å². The fourth-order valence-electron chi connectivity index (χ4n) is 2.87. The van der Waals surface area contributed by atoms with Crippen LogP contribution in [-0.2, 0) is 10.0 Å². The molecule has 0 bridgehead atoms. The lowest BCUT2D eigenvalue weighted by molar-refractivity contribution is 0.0708. The van der Waals surface area contributed by atoms with E-state index in [0.29, 0.717) is 24.3 Å². The van der Waals surface area contributed by atoms with Crippen molar-refractivity contribution in [2.24, 2.45) is 5.73 Å². The lowest BCUT2D eigenvalue weighted by Gasteiger charge is -2.30. The van der Waals surface area contributed by atoms with Crippen LogP contribution in [0, 0.1) is 0 Å². The number of nitrogens with two attached hydrogens (primary N) is 1. The Morgan fingerprint density at radius 3 is 2.40 bits per heavy atom. The topological polar surface area (TPSA) is 92.5 Å². The first-order valence-corrected chi connectivity index (χ1v) is 9.67. The third-order valence-electron chi connectivity index (χ3n) is 4.18. The number of piperidine rings is 1. The molecule has 0 aromatic heterocycles.